The SMILES string of the molecule is O[C@@H]1CN(Cc2ccc3c(c2)Cc2ccccc2-3)Cc2ccccc21. The maximum Gasteiger partial charge on any atom is 0.0920 e. The van der Waals surface area contributed by atoms with Crippen molar-refractivity contribution in [2.75, 3.05) is 6.54 Å². The van der Waals surface area contributed by atoms with Gasteiger partial charge in [-0.15, -0.1) is 0 Å². The molecule has 0 saturated heterocycles. The molecule has 0 bridgehead atoms. The van der Waals surface area contributed by atoms with Gasteiger partial charge in [0.25, 0.3) is 0 Å². The molecule has 3 aromatic carbocycles. The fourth-order valence-corrected chi connectivity index (χ4v) is 4.33. The molecule has 0 aromatic heterocycles. The van der Waals surface area contributed by atoms with Gasteiger partial charge in [0.05, 0.1) is 6.10 Å². The van der Waals surface area contributed by atoms with E-state index in [1.807, 2.05) is 12.1 Å². The Balaban J connectivity index is 1.39. The first-order chi connectivity index (χ1) is 12.3. The zero-order chi connectivity index (χ0) is 16.8. The fourth-order valence-electron chi connectivity index (χ4n) is 4.33. The van der Waals surface area contributed by atoms with Crippen LogP contribution in [-0.4, -0.2) is 16.6 Å². The molecule has 3 aromatic rings. The molecule has 2 heteroatoms. The average molecular weight is 327 g/mol. The summed E-state index contributed by atoms with van der Waals surface area (Å²) in [6.07, 6.45) is 0.647. The predicted molar refractivity (Wildman–Crippen MR) is 100 cm³/mol. The standard InChI is InChI=1S/C23H21NO/c25-23-15-24(14-18-6-2-4-8-22(18)23)13-16-9-10-21-19(11-16)12-17-5-1-3-7-20(17)21/h1-11,23,25H,12-15H2/t23-/m1/s1. The van der Waals surface area contributed by atoms with Crippen molar-refractivity contribution in [3.05, 3.63) is 94.5 Å². The van der Waals surface area contributed by atoms with Crippen LogP contribution in [0.5, 0.6) is 0 Å². The van der Waals surface area contributed by atoms with Gasteiger partial charge in [0.2, 0.25) is 0 Å². The lowest BCUT2D eigenvalue weighted by molar-refractivity contribution is 0.0882. The molecule has 5 rings (SSSR count). The number of aliphatic hydroxyl groups is 1. The van der Waals surface area contributed by atoms with E-state index < -0.39 is 0 Å². The van der Waals surface area contributed by atoms with E-state index in [1.165, 1.54) is 33.4 Å². The van der Waals surface area contributed by atoms with Gasteiger partial charge < -0.3 is 5.11 Å². The Morgan fingerprint density at radius 2 is 1.60 bits per heavy atom. The van der Waals surface area contributed by atoms with Crippen molar-refractivity contribution < 1.29 is 5.11 Å². The van der Waals surface area contributed by atoms with Crippen LogP contribution < -0.4 is 0 Å². The molecule has 1 aliphatic carbocycles. The van der Waals surface area contributed by atoms with E-state index in [4.69, 9.17) is 0 Å². The summed E-state index contributed by atoms with van der Waals surface area (Å²) in [5.74, 6) is 0. The molecule has 1 N–H and O–H groups in total. The number of nitrogens with zero attached hydrogens (tertiary/aromatic N) is 1. The Morgan fingerprint density at radius 1 is 0.840 bits per heavy atom. The molecule has 0 saturated carbocycles. The van der Waals surface area contributed by atoms with Crippen molar-refractivity contribution in [2.24, 2.45) is 0 Å². The minimum absolute atomic E-state index is 0.386. The highest BCUT2D eigenvalue weighted by atomic mass is 16.3. The third-order valence-electron chi connectivity index (χ3n) is 5.50. The Hall–Kier alpha value is -2.42. The topological polar surface area (TPSA) is 23.5 Å². The Morgan fingerprint density at radius 3 is 2.52 bits per heavy atom. The smallest absolute Gasteiger partial charge is 0.0920 e. The van der Waals surface area contributed by atoms with Crippen molar-refractivity contribution in [3.8, 4) is 11.1 Å². The second kappa shape index (κ2) is 5.83. The summed E-state index contributed by atoms with van der Waals surface area (Å²) >= 11 is 0. The summed E-state index contributed by atoms with van der Waals surface area (Å²) in [5, 5.41) is 10.4. The van der Waals surface area contributed by atoms with E-state index >= 15 is 0 Å². The average Bonchev–Trinajstić information content (AvgIpc) is 2.99. The molecule has 1 aliphatic heterocycles. The summed E-state index contributed by atoms with van der Waals surface area (Å²) in [7, 11) is 0. The number of aliphatic hydroxyl groups excluding tert-OH is 1. The maximum atomic E-state index is 10.4. The molecule has 0 spiro atoms. The molecule has 1 atom stereocenters. The van der Waals surface area contributed by atoms with Crippen molar-refractivity contribution >= 4 is 0 Å². The Kier molecular flexibility index (Phi) is 3.47. The molecule has 2 nitrogen and oxygen atoms in total. The first-order valence-corrected chi connectivity index (χ1v) is 8.96. The predicted octanol–water partition coefficient (Wildman–Crippen LogP) is 4.31. The van der Waals surface area contributed by atoms with Crippen LogP contribution >= 0.6 is 0 Å². The maximum absolute atomic E-state index is 10.4. The molecule has 0 fully saturated rings. The first kappa shape index (κ1) is 14.9. The number of rotatable bonds is 2. The molecule has 1 heterocycles. The summed E-state index contributed by atoms with van der Waals surface area (Å²) in [6.45, 7) is 2.49. The van der Waals surface area contributed by atoms with Gasteiger partial charge in [-0.1, -0.05) is 66.7 Å². The molecule has 124 valence electrons. The number of benzene rings is 3. The van der Waals surface area contributed by atoms with Crippen LogP contribution in [0.4, 0.5) is 0 Å². The molecule has 0 unspecified atom stereocenters. The Bertz CT molecular complexity index is 946. The van der Waals surface area contributed by atoms with E-state index in [9.17, 15) is 5.11 Å². The van der Waals surface area contributed by atoms with Crippen LogP contribution in [-0.2, 0) is 19.5 Å². The fraction of sp³-hybridized carbons (Fsp3) is 0.217. The second-order valence-corrected chi connectivity index (χ2v) is 7.21. The van der Waals surface area contributed by atoms with E-state index in [-0.39, 0.29) is 6.10 Å². The van der Waals surface area contributed by atoms with Crippen LogP contribution in [0.2, 0.25) is 0 Å². The van der Waals surface area contributed by atoms with Crippen molar-refractivity contribution in [2.45, 2.75) is 25.6 Å². The van der Waals surface area contributed by atoms with Gasteiger partial charge in [0.1, 0.15) is 0 Å². The Labute approximate surface area is 148 Å². The molecule has 25 heavy (non-hydrogen) atoms. The van der Waals surface area contributed by atoms with Crippen molar-refractivity contribution in [3.63, 3.8) is 0 Å². The molecular weight excluding hydrogens is 306 g/mol. The zero-order valence-corrected chi connectivity index (χ0v) is 14.2. The highest BCUT2D eigenvalue weighted by Gasteiger charge is 2.24. The van der Waals surface area contributed by atoms with Crippen LogP contribution in [0, 0.1) is 0 Å². The van der Waals surface area contributed by atoms with E-state index in [2.05, 4.69) is 59.5 Å². The minimum atomic E-state index is -0.386. The highest BCUT2D eigenvalue weighted by Crippen LogP contribution is 2.37. The van der Waals surface area contributed by atoms with E-state index in [0.29, 0.717) is 6.54 Å². The normalized spacial score (nSPS) is 18.5. The number of β-amino-alcohol motifs (C(OH)–C–C–N with tert-alkyl or cyclic N) is 1. The van der Waals surface area contributed by atoms with E-state index in [0.717, 1.165) is 25.1 Å². The summed E-state index contributed by atoms with van der Waals surface area (Å²) < 4.78 is 0. The van der Waals surface area contributed by atoms with Crippen molar-refractivity contribution in [1.29, 1.82) is 0 Å². The van der Waals surface area contributed by atoms with Gasteiger partial charge >= 0.3 is 0 Å². The van der Waals surface area contributed by atoms with Crippen LogP contribution in [0.3, 0.4) is 0 Å². The lowest BCUT2D eigenvalue weighted by Crippen LogP contribution is -2.33. The molecular formula is C23H21NO. The van der Waals surface area contributed by atoms with Crippen molar-refractivity contribution in [1.82, 2.24) is 4.90 Å². The van der Waals surface area contributed by atoms with Gasteiger partial charge in [-0.25, -0.2) is 0 Å². The number of hydrogen-bond acceptors (Lipinski definition) is 2. The quantitative estimate of drug-likeness (QED) is 0.593. The number of fused-ring (bicyclic) bond motifs is 4. The second-order valence-electron chi connectivity index (χ2n) is 7.21. The summed E-state index contributed by atoms with van der Waals surface area (Å²) in [4.78, 5) is 2.34. The van der Waals surface area contributed by atoms with Gasteiger partial charge in [0.15, 0.2) is 0 Å². The molecule has 0 amide bonds. The monoisotopic (exact) mass is 327 g/mol. The first-order valence-electron chi connectivity index (χ1n) is 8.96. The third kappa shape index (κ3) is 2.58. The van der Waals surface area contributed by atoms with Gasteiger partial charge in [-0.05, 0) is 45.4 Å². The highest BCUT2D eigenvalue weighted by molar-refractivity contribution is 5.76. The van der Waals surface area contributed by atoms with Gasteiger partial charge in [-0.2, -0.15) is 0 Å². The minimum Gasteiger partial charge on any atom is -0.387 e. The van der Waals surface area contributed by atoms with Crippen LogP contribution in [0.25, 0.3) is 11.1 Å². The third-order valence-corrected chi connectivity index (χ3v) is 5.50. The van der Waals surface area contributed by atoms with E-state index in [1.54, 1.807) is 0 Å². The lowest BCUT2D eigenvalue weighted by atomic mass is 9.96. The summed E-state index contributed by atoms with van der Waals surface area (Å²) in [6, 6.07) is 23.8. The molecule has 0 radical (unpaired) electrons. The van der Waals surface area contributed by atoms with Gasteiger partial charge in [-0.3, -0.25) is 4.90 Å². The molecule has 2 aliphatic rings. The zero-order valence-electron chi connectivity index (χ0n) is 14.2. The van der Waals surface area contributed by atoms with Crippen LogP contribution in [0.1, 0.15) is 33.9 Å². The number of hydrogen-bond donors (Lipinski definition) is 1. The van der Waals surface area contributed by atoms with Crippen LogP contribution in [0.15, 0.2) is 66.7 Å². The lowest BCUT2D eigenvalue weighted by Gasteiger charge is -2.32. The van der Waals surface area contributed by atoms with Gasteiger partial charge in [0, 0.05) is 19.6 Å². The summed E-state index contributed by atoms with van der Waals surface area (Å²) in [5.41, 5.74) is 9.28. The largest absolute Gasteiger partial charge is 0.387 e.